The van der Waals surface area contributed by atoms with E-state index in [1.807, 2.05) is 91.0 Å². The molecular weight excluding hydrogens is 456 g/mol. The number of ether oxygens (including phenoxy) is 2. The Bertz CT molecular complexity index is 1260. The first kappa shape index (κ1) is 24.0. The van der Waals surface area contributed by atoms with Crippen molar-refractivity contribution >= 4 is 28.9 Å². The molecule has 4 rings (SSSR count). The highest BCUT2D eigenvalue weighted by Crippen LogP contribution is 2.25. The number of para-hydroxylation sites is 3. The molecule has 4 aromatic carbocycles. The van der Waals surface area contributed by atoms with E-state index in [-0.39, 0.29) is 11.0 Å². The van der Waals surface area contributed by atoms with E-state index in [9.17, 15) is 4.79 Å². The van der Waals surface area contributed by atoms with E-state index < -0.39 is 0 Å². The Morgan fingerprint density at radius 1 is 0.686 bits per heavy atom. The van der Waals surface area contributed by atoms with Crippen LogP contribution in [0.3, 0.4) is 0 Å². The van der Waals surface area contributed by atoms with Crippen molar-refractivity contribution in [3.8, 4) is 11.5 Å². The number of hydrogen-bond acceptors (Lipinski definition) is 4. The minimum Gasteiger partial charge on any atom is -0.492 e. The second kappa shape index (κ2) is 12.3. The average molecular weight is 483 g/mol. The van der Waals surface area contributed by atoms with E-state index in [1.165, 1.54) is 5.56 Å². The van der Waals surface area contributed by atoms with Gasteiger partial charge >= 0.3 is 0 Å². The van der Waals surface area contributed by atoms with Crippen LogP contribution in [0.2, 0.25) is 0 Å². The summed E-state index contributed by atoms with van der Waals surface area (Å²) in [6, 6.07) is 34.6. The lowest BCUT2D eigenvalue weighted by molar-refractivity contribution is 0.0974. The van der Waals surface area contributed by atoms with Crippen LogP contribution in [0.1, 0.15) is 21.5 Å². The third kappa shape index (κ3) is 7.16. The number of benzene rings is 4. The van der Waals surface area contributed by atoms with E-state index in [0.717, 1.165) is 12.0 Å². The zero-order chi connectivity index (χ0) is 24.3. The maximum Gasteiger partial charge on any atom is 0.261 e. The number of anilines is 1. The highest BCUT2D eigenvalue weighted by atomic mass is 32.1. The maximum absolute atomic E-state index is 12.9. The van der Waals surface area contributed by atoms with Crippen LogP contribution in [0.25, 0.3) is 0 Å². The number of nitrogens with one attached hydrogen (secondary N) is 2. The summed E-state index contributed by atoms with van der Waals surface area (Å²) in [7, 11) is 0. The van der Waals surface area contributed by atoms with E-state index in [1.54, 1.807) is 18.2 Å². The zero-order valence-corrected chi connectivity index (χ0v) is 20.0. The molecule has 0 radical (unpaired) electrons. The number of carbonyl (C=O) groups is 1. The molecule has 0 fully saturated rings. The average Bonchev–Trinajstić information content (AvgIpc) is 2.89. The van der Waals surface area contributed by atoms with Gasteiger partial charge in [0.1, 0.15) is 18.1 Å². The van der Waals surface area contributed by atoms with Gasteiger partial charge in [-0.25, -0.2) is 0 Å². The van der Waals surface area contributed by atoms with Crippen LogP contribution in [0.15, 0.2) is 109 Å². The molecule has 0 aliphatic heterocycles. The summed E-state index contributed by atoms with van der Waals surface area (Å²) >= 11 is 5.40. The fourth-order valence-corrected chi connectivity index (χ4v) is 3.66. The Morgan fingerprint density at radius 3 is 2.03 bits per heavy atom. The second-order valence-electron chi connectivity index (χ2n) is 7.76. The SMILES string of the molecule is O=C(NC(=S)Nc1ccccc1OCc1ccccc1)c1ccccc1OCCc1ccccc1. The molecule has 0 bridgehead atoms. The molecule has 0 aromatic heterocycles. The number of carbonyl (C=O) groups excluding carboxylic acids is 1. The molecule has 0 spiro atoms. The standard InChI is InChI=1S/C29H26N2O3S/c32-28(24-15-7-9-17-26(24)33-20-19-22-11-3-1-4-12-22)31-29(35)30-25-16-8-10-18-27(25)34-21-23-13-5-2-6-14-23/h1-18H,19-21H2,(H2,30,31,32,35). The predicted molar refractivity (Wildman–Crippen MR) is 143 cm³/mol. The van der Waals surface area contributed by atoms with Crippen LogP contribution >= 0.6 is 12.2 Å². The summed E-state index contributed by atoms with van der Waals surface area (Å²) < 4.78 is 11.9. The van der Waals surface area contributed by atoms with E-state index in [0.29, 0.717) is 36.0 Å². The van der Waals surface area contributed by atoms with Crippen molar-refractivity contribution in [3.63, 3.8) is 0 Å². The molecule has 0 saturated carbocycles. The summed E-state index contributed by atoms with van der Waals surface area (Å²) in [6.45, 7) is 0.884. The Hall–Kier alpha value is -4.16. The van der Waals surface area contributed by atoms with Crippen LogP contribution in [0.5, 0.6) is 11.5 Å². The Labute approximate surface area is 210 Å². The van der Waals surface area contributed by atoms with Crippen molar-refractivity contribution < 1.29 is 14.3 Å². The molecule has 6 heteroatoms. The van der Waals surface area contributed by atoms with Gasteiger partial charge in [0.15, 0.2) is 5.11 Å². The highest BCUT2D eigenvalue weighted by molar-refractivity contribution is 7.80. The number of amides is 1. The fourth-order valence-electron chi connectivity index (χ4n) is 3.46. The van der Waals surface area contributed by atoms with Crippen molar-refractivity contribution in [2.45, 2.75) is 13.0 Å². The summed E-state index contributed by atoms with van der Waals surface area (Å²) in [5.41, 5.74) is 3.31. The maximum atomic E-state index is 12.9. The number of hydrogen-bond donors (Lipinski definition) is 2. The van der Waals surface area contributed by atoms with E-state index >= 15 is 0 Å². The Kier molecular flexibility index (Phi) is 8.46. The van der Waals surface area contributed by atoms with Gasteiger partial charge in [0.05, 0.1) is 17.9 Å². The predicted octanol–water partition coefficient (Wildman–Crippen LogP) is 6.01. The molecule has 35 heavy (non-hydrogen) atoms. The van der Waals surface area contributed by atoms with Gasteiger partial charge in [-0.15, -0.1) is 0 Å². The molecule has 5 nitrogen and oxygen atoms in total. The second-order valence-corrected chi connectivity index (χ2v) is 8.17. The molecule has 0 aliphatic carbocycles. The van der Waals surface area contributed by atoms with Gasteiger partial charge < -0.3 is 14.8 Å². The summed E-state index contributed by atoms with van der Waals surface area (Å²) in [4.78, 5) is 12.9. The van der Waals surface area contributed by atoms with Crippen molar-refractivity contribution in [3.05, 3.63) is 126 Å². The van der Waals surface area contributed by atoms with Crippen molar-refractivity contribution in [2.75, 3.05) is 11.9 Å². The first-order valence-corrected chi connectivity index (χ1v) is 11.7. The lowest BCUT2D eigenvalue weighted by atomic mass is 10.1. The van der Waals surface area contributed by atoms with Crippen LogP contribution in [-0.4, -0.2) is 17.6 Å². The first-order chi connectivity index (χ1) is 17.2. The molecule has 0 aliphatic rings. The normalized spacial score (nSPS) is 10.3. The van der Waals surface area contributed by atoms with Crippen LogP contribution in [-0.2, 0) is 13.0 Å². The molecular formula is C29H26N2O3S. The topological polar surface area (TPSA) is 59.6 Å². The van der Waals surface area contributed by atoms with Crippen molar-refractivity contribution in [2.24, 2.45) is 0 Å². The Morgan fingerprint density at radius 2 is 1.29 bits per heavy atom. The minimum atomic E-state index is -0.347. The zero-order valence-electron chi connectivity index (χ0n) is 19.1. The van der Waals surface area contributed by atoms with Crippen LogP contribution in [0.4, 0.5) is 5.69 Å². The molecule has 4 aromatic rings. The van der Waals surface area contributed by atoms with E-state index in [4.69, 9.17) is 21.7 Å². The third-order valence-electron chi connectivity index (χ3n) is 5.22. The van der Waals surface area contributed by atoms with Crippen molar-refractivity contribution in [1.82, 2.24) is 5.32 Å². The number of thiocarbonyl (C=S) groups is 1. The number of rotatable bonds is 9. The quantitative estimate of drug-likeness (QED) is 0.286. The Balaban J connectivity index is 1.35. The summed E-state index contributed by atoms with van der Waals surface area (Å²) in [5, 5.41) is 5.98. The molecule has 0 saturated heterocycles. The highest BCUT2D eigenvalue weighted by Gasteiger charge is 2.14. The van der Waals surface area contributed by atoms with Gasteiger partial charge in [-0.1, -0.05) is 84.9 Å². The van der Waals surface area contributed by atoms with Gasteiger partial charge in [0, 0.05) is 6.42 Å². The largest absolute Gasteiger partial charge is 0.492 e. The van der Waals surface area contributed by atoms with Crippen LogP contribution < -0.4 is 20.1 Å². The minimum absolute atomic E-state index is 0.171. The monoisotopic (exact) mass is 482 g/mol. The van der Waals surface area contributed by atoms with E-state index in [2.05, 4.69) is 10.6 Å². The molecule has 0 atom stereocenters. The van der Waals surface area contributed by atoms with Crippen LogP contribution in [0, 0.1) is 0 Å². The van der Waals surface area contributed by atoms with Gasteiger partial charge in [-0.2, -0.15) is 0 Å². The van der Waals surface area contributed by atoms with Gasteiger partial charge in [-0.05, 0) is 47.6 Å². The summed E-state index contributed by atoms with van der Waals surface area (Å²) in [6.07, 6.45) is 0.747. The molecule has 1 amide bonds. The fraction of sp³-hybridized carbons (Fsp3) is 0.103. The van der Waals surface area contributed by atoms with Gasteiger partial charge in [-0.3, -0.25) is 10.1 Å². The third-order valence-corrected chi connectivity index (χ3v) is 5.43. The lowest BCUT2D eigenvalue weighted by Gasteiger charge is -2.15. The summed E-state index contributed by atoms with van der Waals surface area (Å²) in [5.74, 6) is 0.799. The van der Waals surface area contributed by atoms with Gasteiger partial charge in [0.2, 0.25) is 0 Å². The van der Waals surface area contributed by atoms with Crippen molar-refractivity contribution in [1.29, 1.82) is 0 Å². The smallest absolute Gasteiger partial charge is 0.261 e. The lowest BCUT2D eigenvalue weighted by Crippen LogP contribution is -2.34. The first-order valence-electron chi connectivity index (χ1n) is 11.3. The molecule has 0 heterocycles. The van der Waals surface area contributed by atoms with Gasteiger partial charge in [0.25, 0.3) is 5.91 Å². The molecule has 0 unspecified atom stereocenters. The molecule has 176 valence electrons. The molecule has 2 N–H and O–H groups in total.